The fourth-order valence-electron chi connectivity index (χ4n) is 3.08. The molecule has 0 aromatic heterocycles. The standard InChI is InChI=1S/C16H25FN2/c1-19(11-13-6-3-2-4-7-13)12-15-9-5-8-14(10-18)16(15)17/h5,8-9,13H,2-4,6-7,10-12,18H2,1H3. The molecule has 0 amide bonds. The van der Waals surface area contributed by atoms with Crippen LogP contribution in [0, 0.1) is 11.7 Å². The van der Waals surface area contributed by atoms with E-state index < -0.39 is 0 Å². The zero-order valence-electron chi connectivity index (χ0n) is 11.9. The summed E-state index contributed by atoms with van der Waals surface area (Å²) in [6, 6.07) is 5.53. The van der Waals surface area contributed by atoms with Crippen LogP contribution in [0.5, 0.6) is 0 Å². The second-order valence-corrected chi connectivity index (χ2v) is 5.80. The minimum atomic E-state index is -0.125. The van der Waals surface area contributed by atoms with Gasteiger partial charge in [-0.25, -0.2) is 4.39 Å². The lowest BCUT2D eigenvalue weighted by atomic mass is 9.89. The molecule has 0 spiro atoms. The van der Waals surface area contributed by atoms with E-state index in [1.807, 2.05) is 12.1 Å². The summed E-state index contributed by atoms with van der Waals surface area (Å²) < 4.78 is 14.1. The fraction of sp³-hybridized carbons (Fsp3) is 0.625. The van der Waals surface area contributed by atoms with Crippen LogP contribution in [0.3, 0.4) is 0 Å². The molecule has 1 aliphatic carbocycles. The van der Waals surface area contributed by atoms with Crippen LogP contribution < -0.4 is 5.73 Å². The molecule has 0 heterocycles. The fourth-order valence-corrected chi connectivity index (χ4v) is 3.08. The number of hydrogen-bond acceptors (Lipinski definition) is 2. The van der Waals surface area contributed by atoms with Crippen LogP contribution in [0.2, 0.25) is 0 Å². The van der Waals surface area contributed by atoms with E-state index in [-0.39, 0.29) is 12.4 Å². The van der Waals surface area contributed by atoms with Crippen molar-refractivity contribution in [3.8, 4) is 0 Å². The molecule has 2 N–H and O–H groups in total. The Kier molecular flexibility index (Phi) is 5.34. The van der Waals surface area contributed by atoms with Gasteiger partial charge in [0.1, 0.15) is 5.82 Å². The Balaban J connectivity index is 1.92. The quantitative estimate of drug-likeness (QED) is 0.884. The lowest BCUT2D eigenvalue weighted by Crippen LogP contribution is -2.27. The third-order valence-corrected chi connectivity index (χ3v) is 4.11. The van der Waals surface area contributed by atoms with Gasteiger partial charge in [-0.05, 0) is 25.8 Å². The number of nitrogens with two attached hydrogens (primary N) is 1. The van der Waals surface area contributed by atoms with Crippen molar-refractivity contribution in [1.82, 2.24) is 4.90 Å². The van der Waals surface area contributed by atoms with Crippen molar-refractivity contribution in [1.29, 1.82) is 0 Å². The SMILES string of the molecule is CN(Cc1cccc(CN)c1F)CC1CCCCC1. The minimum Gasteiger partial charge on any atom is -0.326 e. The predicted octanol–water partition coefficient (Wildman–Crippen LogP) is 3.30. The average Bonchev–Trinajstić information content (AvgIpc) is 2.42. The van der Waals surface area contributed by atoms with E-state index >= 15 is 0 Å². The summed E-state index contributed by atoms with van der Waals surface area (Å²) >= 11 is 0. The molecule has 1 aliphatic rings. The summed E-state index contributed by atoms with van der Waals surface area (Å²) in [7, 11) is 2.09. The molecule has 2 rings (SSSR count). The van der Waals surface area contributed by atoms with Crippen LogP contribution in [-0.4, -0.2) is 18.5 Å². The molecule has 0 saturated heterocycles. The monoisotopic (exact) mass is 264 g/mol. The van der Waals surface area contributed by atoms with Gasteiger partial charge in [0.2, 0.25) is 0 Å². The highest BCUT2D eigenvalue weighted by Crippen LogP contribution is 2.24. The van der Waals surface area contributed by atoms with Crippen molar-refractivity contribution in [2.24, 2.45) is 11.7 Å². The molecule has 0 atom stereocenters. The van der Waals surface area contributed by atoms with Gasteiger partial charge in [0, 0.05) is 30.8 Å². The summed E-state index contributed by atoms with van der Waals surface area (Å²) in [5, 5.41) is 0. The van der Waals surface area contributed by atoms with Gasteiger partial charge in [0.15, 0.2) is 0 Å². The first-order chi connectivity index (χ1) is 9.20. The number of halogens is 1. The zero-order chi connectivity index (χ0) is 13.7. The Bertz CT molecular complexity index is 400. The molecule has 0 bridgehead atoms. The Morgan fingerprint density at radius 3 is 2.58 bits per heavy atom. The van der Waals surface area contributed by atoms with Crippen LogP contribution in [0.1, 0.15) is 43.2 Å². The summed E-state index contributed by atoms with van der Waals surface area (Å²) in [6.07, 6.45) is 6.75. The topological polar surface area (TPSA) is 29.3 Å². The highest BCUT2D eigenvalue weighted by molar-refractivity contribution is 5.25. The maximum absolute atomic E-state index is 14.1. The summed E-state index contributed by atoms with van der Waals surface area (Å²) in [4.78, 5) is 2.24. The van der Waals surface area contributed by atoms with Gasteiger partial charge in [-0.15, -0.1) is 0 Å². The Morgan fingerprint density at radius 2 is 1.89 bits per heavy atom. The molecule has 0 aliphatic heterocycles. The zero-order valence-corrected chi connectivity index (χ0v) is 11.9. The number of benzene rings is 1. The van der Waals surface area contributed by atoms with Gasteiger partial charge in [0.25, 0.3) is 0 Å². The number of hydrogen-bond donors (Lipinski definition) is 1. The Labute approximate surface area is 115 Å². The van der Waals surface area contributed by atoms with Crippen molar-refractivity contribution in [3.05, 3.63) is 35.1 Å². The molecule has 19 heavy (non-hydrogen) atoms. The maximum Gasteiger partial charge on any atom is 0.132 e. The third-order valence-electron chi connectivity index (χ3n) is 4.11. The molecule has 2 nitrogen and oxygen atoms in total. The van der Waals surface area contributed by atoms with E-state index in [1.165, 1.54) is 32.1 Å². The minimum absolute atomic E-state index is 0.125. The van der Waals surface area contributed by atoms with E-state index in [1.54, 1.807) is 6.07 Å². The van der Waals surface area contributed by atoms with Crippen LogP contribution >= 0.6 is 0 Å². The van der Waals surface area contributed by atoms with E-state index in [0.717, 1.165) is 18.0 Å². The second-order valence-electron chi connectivity index (χ2n) is 5.80. The Morgan fingerprint density at radius 1 is 1.21 bits per heavy atom. The molecule has 106 valence electrons. The molecule has 1 aromatic rings. The van der Waals surface area contributed by atoms with Crippen LogP contribution in [-0.2, 0) is 13.1 Å². The molecule has 1 aromatic carbocycles. The lowest BCUT2D eigenvalue weighted by Gasteiger charge is -2.27. The van der Waals surface area contributed by atoms with Crippen molar-refractivity contribution >= 4 is 0 Å². The van der Waals surface area contributed by atoms with Gasteiger partial charge in [-0.3, -0.25) is 0 Å². The number of nitrogens with zero attached hydrogens (tertiary/aromatic N) is 1. The van der Waals surface area contributed by atoms with Crippen LogP contribution in [0.4, 0.5) is 4.39 Å². The summed E-state index contributed by atoms with van der Waals surface area (Å²) in [5.74, 6) is 0.667. The first kappa shape index (κ1) is 14.5. The van der Waals surface area contributed by atoms with Crippen molar-refractivity contribution < 1.29 is 4.39 Å². The van der Waals surface area contributed by atoms with Crippen molar-refractivity contribution in [3.63, 3.8) is 0 Å². The summed E-state index contributed by atoms with van der Waals surface area (Å²) in [5.41, 5.74) is 6.93. The van der Waals surface area contributed by atoms with Gasteiger partial charge < -0.3 is 10.6 Å². The first-order valence-electron chi connectivity index (χ1n) is 7.35. The van der Waals surface area contributed by atoms with Gasteiger partial charge in [0.05, 0.1) is 0 Å². The highest BCUT2D eigenvalue weighted by Gasteiger charge is 2.16. The summed E-state index contributed by atoms with van der Waals surface area (Å²) in [6.45, 7) is 2.02. The van der Waals surface area contributed by atoms with Gasteiger partial charge in [-0.2, -0.15) is 0 Å². The van der Waals surface area contributed by atoms with Crippen molar-refractivity contribution in [2.75, 3.05) is 13.6 Å². The van der Waals surface area contributed by atoms with E-state index in [9.17, 15) is 4.39 Å². The molecule has 1 fully saturated rings. The van der Waals surface area contributed by atoms with Crippen LogP contribution in [0.25, 0.3) is 0 Å². The third kappa shape index (κ3) is 4.02. The second kappa shape index (κ2) is 7.01. The van der Waals surface area contributed by atoms with E-state index in [2.05, 4.69) is 11.9 Å². The smallest absolute Gasteiger partial charge is 0.132 e. The first-order valence-corrected chi connectivity index (χ1v) is 7.35. The van der Waals surface area contributed by atoms with E-state index in [0.29, 0.717) is 12.1 Å². The molecule has 0 radical (unpaired) electrons. The maximum atomic E-state index is 14.1. The van der Waals surface area contributed by atoms with Gasteiger partial charge >= 0.3 is 0 Å². The molecular weight excluding hydrogens is 239 g/mol. The lowest BCUT2D eigenvalue weighted by molar-refractivity contribution is 0.226. The highest BCUT2D eigenvalue weighted by atomic mass is 19.1. The molecule has 1 saturated carbocycles. The van der Waals surface area contributed by atoms with E-state index in [4.69, 9.17) is 5.73 Å². The molecule has 3 heteroatoms. The Hall–Kier alpha value is -0.930. The normalized spacial score (nSPS) is 17.1. The van der Waals surface area contributed by atoms with Crippen molar-refractivity contribution in [2.45, 2.75) is 45.2 Å². The molecule has 0 unspecified atom stereocenters. The predicted molar refractivity (Wildman–Crippen MR) is 77.2 cm³/mol. The largest absolute Gasteiger partial charge is 0.326 e. The molecular formula is C16H25FN2. The number of rotatable bonds is 5. The average molecular weight is 264 g/mol. The van der Waals surface area contributed by atoms with Gasteiger partial charge in [-0.1, -0.05) is 37.5 Å². The van der Waals surface area contributed by atoms with Crippen LogP contribution in [0.15, 0.2) is 18.2 Å².